The third-order valence-corrected chi connectivity index (χ3v) is 12.0. The van der Waals surface area contributed by atoms with Gasteiger partial charge in [-0.1, -0.05) is 52.3 Å². The maximum atomic E-state index is 14.5. The number of hydrogen-bond acceptors (Lipinski definition) is 14. The number of ether oxygens (including phenoxy) is 1. The lowest BCUT2D eigenvalue weighted by atomic mass is 9.96. The Hall–Kier alpha value is -5.58. The van der Waals surface area contributed by atoms with Gasteiger partial charge in [0.1, 0.15) is 66.4 Å². The number of fused-ring (bicyclic) bond motifs is 2. The van der Waals surface area contributed by atoms with Crippen molar-refractivity contribution in [1.29, 1.82) is 0 Å². The van der Waals surface area contributed by atoms with Gasteiger partial charge >= 0.3 is 5.97 Å². The summed E-state index contributed by atoms with van der Waals surface area (Å²) in [5.74, 6) is -9.83. The van der Waals surface area contributed by atoms with Crippen LogP contribution in [-0.2, 0) is 54.3 Å². The predicted octanol–water partition coefficient (Wildman–Crippen LogP) is -1.14. The van der Waals surface area contributed by atoms with Gasteiger partial charge < -0.3 is 66.9 Å². The summed E-state index contributed by atoms with van der Waals surface area (Å²) in [7, 11) is 1.21. The standard InChI is InChI=1S/C45H69ClN8O14/c1-11-12-32(58)47-22(6)38(60)51-35(23(7)55)41(63)52-36-25(9)68-45(67)34(21(4)5)50-40(62)30(18-26-13-14-27(46)31(57)19-26)53(10)44(66)37(24(8)56)54-33(59)16-15-28(43(54)65)48-39(61)29(17-20(2)3)49-42(36)64/h13-14,19-25,28-30,33-37,55-57,59H,11-12,15-18H2,1-10H3,(H,47,58)(H,48,61)(H,49,64)(H,50,62)(H,51,60)(H,52,63)/t22-,23+,24?,25+,28+,29-,30?,33+,34?,35-,36-,37?/m0/s1. The van der Waals surface area contributed by atoms with Gasteiger partial charge in [0.15, 0.2) is 0 Å². The molecule has 2 bridgehead atoms. The van der Waals surface area contributed by atoms with Gasteiger partial charge in [-0.25, -0.2) is 4.79 Å². The summed E-state index contributed by atoms with van der Waals surface area (Å²) in [6, 6.07) is -8.37. The van der Waals surface area contributed by atoms with Gasteiger partial charge in [0.25, 0.3) is 0 Å². The summed E-state index contributed by atoms with van der Waals surface area (Å²) < 4.78 is 5.79. The molecule has 2 fully saturated rings. The number of phenolic OH excluding ortho intramolecular Hbond substituents is 1. The third-order valence-electron chi connectivity index (χ3n) is 11.7. The molecule has 2 saturated heterocycles. The average molecular weight is 982 g/mol. The molecule has 0 spiro atoms. The van der Waals surface area contributed by atoms with Gasteiger partial charge in [0, 0.05) is 19.9 Å². The highest BCUT2D eigenvalue weighted by Crippen LogP contribution is 2.27. The Balaban J connectivity index is 2.20. The number of piperidine rings is 1. The van der Waals surface area contributed by atoms with Gasteiger partial charge in [0.05, 0.1) is 17.2 Å². The summed E-state index contributed by atoms with van der Waals surface area (Å²) in [6.07, 6.45) is -6.56. The van der Waals surface area contributed by atoms with E-state index in [4.69, 9.17) is 16.3 Å². The molecule has 0 radical (unpaired) electrons. The molecule has 68 heavy (non-hydrogen) atoms. The summed E-state index contributed by atoms with van der Waals surface area (Å²) in [6.45, 7) is 13.3. The van der Waals surface area contributed by atoms with E-state index in [-0.39, 0.29) is 54.4 Å². The number of aliphatic hydroxyl groups excluding tert-OH is 3. The monoisotopic (exact) mass is 980 g/mol. The van der Waals surface area contributed by atoms with E-state index in [1.165, 1.54) is 52.9 Å². The molecule has 3 rings (SSSR count). The van der Waals surface area contributed by atoms with Crippen molar-refractivity contribution in [2.75, 3.05) is 7.05 Å². The molecule has 0 aliphatic carbocycles. The van der Waals surface area contributed by atoms with Crippen molar-refractivity contribution in [3.05, 3.63) is 28.8 Å². The molecule has 1 aromatic carbocycles. The molecule has 4 unspecified atom stereocenters. The van der Waals surface area contributed by atoms with E-state index < -0.39 is 132 Å². The second-order valence-corrected chi connectivity index (χ2v) is 18.7. The van der Waals surface area contributed by atoms with E-state index in [9.17, 15) is 63.6 Å². The fourth-order valence-corrected chi connectivity index (χ4v) is 7.95. The fourth-order valence-electron chi connectivity index (χ4n) is 7.83. The topological polar surface area (TPSA) is 322 Å². The smallest absolute Gasteiger partial charge is 0.329 e. The second kappa shape index (κ2) is 25.2. The summed E-state index contributed by atoms with van der Waals surface area (Å²) >= 11 is 6.04. The van der Waals surface area contributed by atoms with E-state index >= 15 is 0 Å². The Labute approximate surface area is 401 Å². The Morgan fingerprint density at radius 3 is 2.09 bits per heavy atom. The molecule has 22 nitrogen and oxygen atoms in total. The molecule has 23 heteroatoms. The largest absolute Gasteiger partial charge is 0.506 e. The summed E-state index contributed by atoms with van der Waals surface area (Å²) in [5, 5.41) is 58.4. The van der Waals surface area contributed by atoms with Gasteiger partial charge in [-0.05, 0) is 82.9 Å². The zero-order valence-electron chi connectivity index (χ0n) is 40.2. The van der Waals surface area contributed by atoms with Crippen LogP contribution >= 0.6 is 11.6 Å². The highest BCUT2D eigenvalue weighted by Gasteiger charge is 2.47. The molecular formula is C45H69ClN8O14. The molecule has 2 aliphatic rings. The first-order chi connectivity index (χ1) is 31.7. The number of nitrogens with one attached hydrogen (secondary N) is 6. The number of phenols is 1. The third kappa shape index (κ3) is 15.0. The van der Waals surface area contributed by atoms with Crippen LogP contribution in [0.3, 0.4) is 0 Å². The van der Waals surface area contributed by atoms with Crippen molar-refractivity contribution >= 4 is 64.8 Å². The number of aromatic hydroxyl groups is 1. The molecule has 2 aliphatic heterocycles. The van der Waals surface area contributed by atoms with Gasteiger partial charge in [-0.2, -0.15) is 0 Å². The van der Waals surface area contributed by atoms with Crippen LogP contribution in [0.2, 0.25) is 5.02 Å². The molecule has 0 aromatic heterocycles. The number of esters is 1. The van der Waals surface area contributed by atoms with Gasteiger partial charge in [-0.3, -0.25) is 38.4 Å². The number of amides is 8. The minimum Gasteiger partial charge on any atom is -0.506 e. The van der Waals surface area contributed by atoms with Crippen molar-refractivity contribution in [3.63, 3.8) is 0 Å². The summed E-state index contributed by atoms with van der Waals surface area (Å²) in [5.41, 5.74) is 0.288. The molecular weight excluding hydrogens is 912 g/mol. The molecule has 0 saturated carbocycles. The first-order valence-corrected chi connectivity index (χ1v) is 23.2. The number of cyclic esters (lactones) is 1. The summed E-state index contributed by atoms with van der Waals surface area (Å²) in [4.78, 5) is 127. The molecule has 380 valence electrons. The lowest BCUT2D eigenvalue weighted by molar-refractivity contribution is -0.170. The first kappa shape index (κ1) is 56.7. The Morgan fingerprint density at radius 2 is 1.53 bits per heavy atom. The van der Waals surface area contributed by atoms with E-state index in [1.54, 1.807) is 34.6 Å². The number of nitrogens with zero attached hydrogens (tertiary/aromatic N) is 2. The van der Waals surface area contributed by atoms with Crippen LogP contribution in [0.4, 0.5) is 0 Å². The lowest BCUT2D eigenvalue weighted by Gasteiger charge is -2.43. The minimum absolute atomic E-state index is 0.0134. The van der Waals surface area contributed by atoms with E-state index in [0.717, 1.165) is 9.80 Å². The van der Waals surface area contributed by atoms with Crippen LogP contribution < -0.4 is 31.9 Å². The Morgan fingerprint density at radius 1 is 0.882 bits per heavy atom. The minimum atomic E-state index is -1.86. The van der Waals surface area contributed by atoms with Crippen molar-refractivity contribution in [2.45, 2.75) is 174 Å². The number of halogens is 1. The zero-order chi connectivity index (χ0) is 51.5. The molecule has 1 aromatic rings. The second-order valence-electron chi connectivity index (χ2n) is 18.3. The van der Waals surface area contributed by atoms with Crippen LogP contribution in [0.5, 0.6) is 5.75 Å². The molecule has 12 atom stereocenters. The number of hydrogen-bond donors (Lipinski definition) is 10. The highest BCUT2D eigenvalue weighted by molar-refractivity contribution is 6.32. The van der Waals surface area contributed by atoms with Crippen molar-refractivity contribution in [2.24, 2.45) is 11.8 Å². The maximum Gasteiger partial charge on any atom is 0.329 e. The Bertz CT molecular complexity index is 2020. The number of rotatable bonds is 14. The number of benzene rings is 1. The van der Waals surface area contributed by atoms with Crippen molar-refractivity contribution < 1.29 is 68.3 Å². The predicted molar refractivity (Wildman–Crippen MR) is 245 cm³/mol. The van der Waals surface area contributed by atoms with Crippen molar-refractivity contribution in [1.82, 2.24) is 41.7 Å². The number of carbonyl (C=O) groups excluding carboxylic acids is 9. The van der Waals surface area contributed by atoms with Gasteiger partial charge in [-0.15, -0.1) is 0 Å². The SMILES string of the molecule is CCCC(=O)N[C@@H](C)C(=O)N[C@H](C(=O)N[C@@H]1C(=O)N[C@@H](CC(C)C)C(=O)N[C@@H]2CC[C@@H](O)N(C2=O)C(C(C)O)C(=O)N(C)C(Cc2ccc(Cl)c(O)c2)C(=O)NC(C(C)C)C(=O)O[C@@H]1C)[C@@H](C)O. The zero-order valence-corrected chi connectivity index (χ0v) is 41.0. The van der Waals surface area contributed by atoms with Crippen LogP contribution in [0.25, 0.3) is 0 Å². The number of likely N-dealkylation sites (N-methyl/N-ethyl adjacent to an activating group) is 1. The number of carbonyl (C=O) groups is 9. The van der Waals surface area contributed by atoms with E-state index in [0.29, 0.717) is 6.42 Å². The number of aliphatic hydroxyl groups is 3. The fraction of sp³-hybridized carbons (Fsp3) is 0.667. The van der Waals surface area contributed by atoms with E-state index in [1.807, 2.05) is 0 Å². The van der Waals surface area contributed by atoms with Gasteiger partial charge in [0.2, 0.25) is 47.3 Å². The van der Waals surface area contributed by atoms with Crippen LogP contribution in [0, 0.1) is 11.8 Å². The van der Waals surface area contributed by atoms with E-state index in [2.05, 4.69) is 31.9 Å². The molecule has 8 amide bonds. The van der Waals surface area contributed by atoms with Crippen LogP contribution in [-0.4, -0.2) is 163 Å². The van der Waals surface area contributed by atoms with Crippen LogP contribution in [0.15, 0.2) is 18.2 Å². The highest BCUT2D eigenvalue weighted by atomic mass is 35.5. The first-order valence-electron chi connectivity index (χ1n) is 22.8. The average Bonchev–Trinajstić information content (AvgIpc) is 3.24. The van der Waals surface area contributed by atoms with Crippen molar-refractivity contribution in [3.8, 4) is 5.75 Å². The molecule has 2 heterocycles. The Kier molecular flexibility index (Phi) is 21.0. The normalized spacial score (nSPS) is 26.5. The quantitative estimate of drug-likeness (QED) is 0.0987. The lowest BCUT2D eigenvalue weighted by Crippen LogP contribution is -2.67. The molecule has 10 N–H and O–H groups in total. The maximum absolute atomic E-state index is 14.5. The van der Waals surface area contributed by atoms with Crippen LogP contribution in [0.1, 0.15) is 100.0 Å².